The van der Waals surface area contributed by atoms with Crippen LogP contribution in [0.2, 0.25) is 5.15 Å². The fraction of sp³-hybridized carbons (Fsp3) is 0.500. The van der Waals surface area contributed by atoms with E-state index in [4.69, 9.17) is 11.6 Å². The molecule has 1 N–H and O–H groups in total. The lowest BCUT2D eigenvalue weighted by molar-refractivity contribution is -0.121. The maximum absolute atomic E-state index is 12.4. The van der Waals surface area contributed by atoms with Crippen LogP contribution in [0.3, 0.4) is 0 Å². The number of amides is 1. The summed E-state index contributed by atoms with van der Waals surface area (Å²) in [5.41, 5.74) is 0. The lowest BCUT2D eigenvalue weighted by Gasteiger charge is -2.18. The molecule has 0 atom stereocenters. The number of nitrogens with zero attached hydrogens (tertiary/aromatic N) is 2. The number of likely N-dealkylation sites (N-methyl/N-ethyl adjacent to an activating group) is 1. The van der Waals surface area contributed by atoms with E-state index in [1.807, 2.05) is 13.8 Å². The smallest absolute Gasteiger partial charge is 0.246 e. The molecule has 118 valence electrons. The minimum Gasteiger partial charge on any atom is -0.355 e. The molecule has 0 aliphatic carbocycles. The Labute approximate surface area is 138 Å². The van der Waals surface area contributed by atoms with Gasteiger partial charge in [0.2, 0.25) is 15.9 Å². The van der Waals surface area contributed by atoms with E-state index in [2.05, 4.69) is 26.2 Å². The van der Waals surface area contributed by atoms with Crippen LogP contribution in [0, 0.1) is 5.92 Å². The Morgan fingerprint density at radius 3 is 2.71 bits per heavy atom. The first kappa shape index (κ1) is 18.3. The van der Waals surface area contributed by atoms with E-state index < -0.39 is 10.0 Å². The van der Waals surface area contributed by atoms with Gasteiger partial charge in [-0.05, 0) is 27.9 Å². The second kappa shape index (κ2) is 7.53. The Morgan fingerprint density at radius 2 is 2.14 bits per heavy atom. The molecule has 0 bridgehead atoms. The maximum Gasteiger partial charge on any atom is 0.246 e. The molecule has 0 aliphatic heterocycles. The Kier molecular flexibility index (Phi) is 6.58. The van der Waals surface area contributed by atoms with Crippen molar-refractivity contribution in [3.63, 3.8) is 0 Å². The first-order chi connectivity index (χ1) is 9.64. The van der Waals surface area contributed by atoms with Gasteiger partial charge in [0.1, 0.15) is 10.0 Å². The number of carbonyl (C=O) groups is 1. The van der Waals surface area contributed by atoms with Gasteiger partial charge in [0, 0.05) is 24.3 Å². The van der Waals surface area contributed by atoms with Gasteiger partial charge in [0.05, 0.1) is 6.54 Å². The van der Waals surface area contributed by atoms with Crippen LogP contribution in [-0.2, 0) is 14.8 Å². The van der Waals surface area contributed by atoms with E-state index in [1.54, 1.807) is 0 Å². The van der Waals surface area contributed by atoms with Gasteiger partial charge in [0.25, 0.3) is 0 Å². The van der Waals surface area contributed by atoms with Crippen molar-refractivity contribution in [2.75, 3.05) is 20.1 Å². The van der Waals surface area contributed by atoms with Gasteiger partial charge in [-0.15, -0.1) is 0 Å². The second-order valence-electron chi connectivity index (χ2n) is 4.90. The van der Waals surface area contributed by atoms with E-state index in [0.717, 1.165) is 4.31 Å². The molecule has 0 spiro atoms. The van der Waals surface area contributed by atoms with Crippen molar-refractivity contribution < 1.29 is 13.2 Å². The van der Waals surface area contributed by atoms with Crippen LogP contribution in [0.5, 0.6) is 0 Å². The topological polar surface area (TPSA) is 79.4 Å². The Hall–Kier alpha value is -0.700. The molecule has 0 saturated heterocycles. The molecule has 0 radical (unpaired) electrons. The molecule has 1 heterocycles. The zero-order chi connectivity index (χ0) is 16.2. The normalized spacial score (nSPS) is 12.0. The van der Waals surface area contributed by atoms with E-state index >= 15 is 0 Å². The predicted octanol–water partition coefficient (Wildman–Crippen LogP) is 1.89. The van der Waals surface area contributed by atoms with Gasteiger partial charge in [-0.3, -0.25) is 4.79 Å². The van der Waals surface area contributed by atoms with Crippen molar-refractivity contribution in [1.29, 1.82) is 0 Å². The number of hydrogen-bond acceptors (Lipinski definition) is 4. The molecular weight excluding hydrogens is 382 g/mol. The van der Waals surface area contributed by atoms with E-state index in [1.165, 1.54) is 19.3 Å². The van der Waals surface area contributed by atoms with Gasteiger partial charge >= 0.3 is 0 Å². The Morgan fingerprint density at radius 1 is 1.52 bits per heavy atom. The first-order valence-electron chi connectivity index (χ1n) is 6.18. The third kappa shape index (κ3) is 5.21. The van der Waals surface area contributed by atoms with E-state index in [9.17, 15) is 13.2 Å². The molecule has 21 heavy (non-hydrogen) atoms. The largest absolute Gasteiger partial charge is 0.355 e. The van der Waals surface area contributed by atoms with Crippen molar-refractivity contribution in [2.24, 2.45) is 5.92 Å². The summed E-state index contributed by atoms with van der Waals surface area (Å²) in [5, 5.41) is 2.53. The Bertz CT molecular complexity index is 622. The van der Waals surface area contributed by atoms with E-state index in [0.29, 0.717) is 16.9 Å². The highest BCUT2D eigenvalue weighted by Crippen LogP contribution is 2.24. The molecule has 1 rings (SSSR count). The number of rotatable bonds is 6. The van der Waals surface area contributed by atoms with Crippen molar-refractivity contribution >= 4 is 43.5 Å². The average molecular weight is 399 g/mol. The fourth-order valence-corrected chi connectivity index (χ4v) is 3.46. The summed E-state index contributed by atoms with van der Waals surface area (Å²) in [6.07, 6.45) is 1.40. The van der Waals surface area contributed by atoms with Crippen molar-refractivity contribution in [2.45, 2.75) is 18.7 Å². The molecule has 1 aromatic heterocycles. The molecule has 6 nitrogen and oxygen atoms in total. The lowest BCUT2D eigenvalue weighted by atomic mass is 10.2. The highest BCUT2D eigenvalue weighted by molar-refractivity contribution is 9.10. The standard InChI is InChI=1S/C12H17BrClN3O3S/c1-8(2)5-15-11(18)7-17(3)21(19,20)10-4-9(13)6-16-12(10)14/h4,6,8H,5,7H2,1-3H3,(H,15,18). The van der Waals surface area contributed by atoms with Gasteiger partial charge in [-0.2, -0.15) is 4.31 Å². The summed E-state index contributed by atoms with van der Waals surface area (Å²) in [6.45, 7) is 4.12. The number of aromatic nitrogens is 1. The summed E-state index contributed by atoms with van der Waals surface area (Å²) >= 11 is 8.97. The number of pyridine rings is 1. The minimum absolute atomic E-state index is 0.132. The molecule has 0 unspecified atom stereocenters. The fourth-order valence-electron chi connectivity index (χ4n) is 1.41. The van der Waals surface area contributed by atoms with Crippen LogP contribution in [-0.4, -0.2) is 43.8 Å². The monoisotopic (exact) mass is 397 g/mol. The number of halogens is 2. The Balaban J connectivity index is 2.87. The quantitative estimate of drug-likeness (QED) is 0.742. The third-order valence-corrected chi connectivity index (χ3v) is 5.20. The molecular formula is C12H17BrClN3O3S. The predicted molar refractivity (Wildman–Crippen MR) is 84.6 cm³/mol. The number of nitrogens with one attached hydrogen (secondary N) is 1. The van der Waals surface area contributed by atoms with Crippen molar-refractivity contribution in [3.05, 3.63) is 21.9 Å². The molecule has 1 amide bonds. The van der Waals surface area contributed by atoms with Crippen LogP contribution in [0.15, 0.2) is 21.6 Å². The minimum atomic E-state index is -3.88. The third-order valence-electron chi connectivity index (χ3n) is 2.54. The molecule has 9 heteroatoms. The van der Waals surface area contributed by atoms with Gasteiger partial charge in [-0.1, -0.05) is 25.4 Å². The average Bonchev–Trinajstić information content (AvgIpc) is 2.39. The first-order valence-corrected chi connectivity index (χ1v) is 8.79. The number of carbonyl (C=O) groups excluding carboxylic acids is 1. The SMILES string of the molecule is CC(C)CNC(=O)CN(C)S(=O)(=O)c1cc(Br)cnc1Cl. The number of hydrogen-bond donors (Lipinski definition) is 1. The summed E-state index contributed by atoms with van der Waals surface area (Å²) in [6, 6.07) is 1.35. The van der Waals surface area contributed by atoms with Gasteiger partial charge < -0.3 is 5.32 Å². The zero-order valence-electron chi connectivity index (χ0n) is 11.9. The van der Waals surface area contributed by atoms with Crippen molar-refractivity contribution in [3.8, 4) is 0 Å². The van der Waals surface area contributed by atoms with Gasteiger partial charge in [0.15, 0.2) is 0 Å². The summed E-state index contributed by atoms with van der Waals surface area (Å²) in [4.78, 5) is 15.3. The molecule has 0 fully saturated rings. The maximum atomic E-state index is 12.4. The summed E-state index contributed by atoms with van der Waals surface area (Å²) in [5.74, 6) is -0.0755. The zero-order valence-corrected chi connectivity index (χ0v) is 15.1. The second-order valence-corrected chi connectivity index (χ2v) is 8.19. The highest BCUT2D eigenvalue weighted by Gasteiger charge is 2.26. The molecule has 1 aromatic rings. The van der Waals surface area contributed by atoms with Crippen LogP contribution < -0.4 is 5.32 Å². The van der Waals surface area contributed by atoms with Crippen LogP contribution in [0.25, 0.3) is 0 Å². The summed E-state index contributed by atoms with van der Waals surface area (Å²) < 4.78 is 26.2. The number of sulfonamides is 1. The van der Waals surface area contributed by atoms with Crippen LogP contribution >= 0.6 is 27.5 Å². The van der Waals surface area contributed by atoms with Crippen LogP contribution in [0.1, 0.15) is 13.8 Å². The van der Waals surface area contributed by atoms with Crippen molar-refractivity contribution in [1.82, 2.24) is 14.6 Å². The van der Waals surface area contributed by atoms with E-state index in [-0.39, 0.29) is 22.5 Å². The summed E-state index contributed by atoms with van der Waals surface area (Å²) in [7, 11) is -2.56. The van der Waals surface area contributed by atoms with Crippen LogP contribution in [0.4, 0.5) is 0 Å². The lowest BCUT2D eigenvalue weighted by Crippen LogP contribution is -2.39. The highest BCUT2D eigenvalue weighted by atomic mass is 79.9. The van der Waals surface area contributed by atoms with Gasteiger partial charge in [-0.25, -0.2) is 13.4 Å². The molecule has 0 saturated carbocycles. The molecule has 0 aromatic carbocycles. The molecule has 0 aliphatic rings.